The molecule has 2 amide bonds. The monoisotopic (exact) mass is 292 g/mol. The topological polar surface area (TPSA) is 86.7 Å². The molecule has 0 aromatic heterocycles. The predicted molar refractivity (Wildman–Crippen MR) is 79.1 cm³/mol. The molecule has 0 bridgehead atoms. The van der Waals surface area contributed by atoms with Crippen molar-refractivity contribution in [2.45, 2.75) is 20.3 Å². The smallest absolute Gasteiger partial charge is 0.305 e. The zero-order valence-electron chi connectivity index (χ0n) is 12.4. The summed E-state index contributed by atoms with van der Waals surface area (Å²) in [7, 11) is 1.56. The highest BCUT2D eigenvalue weighted by Gasteiger charge is 2.13. The van der Waals surface area contributed by atoms with Crippen molar-refractivity contribution in [2.24, 2.45) is 5.92 Å². The molecule has 1 rings (SSSR count). The highest BCUT2D eigenvalue weighted by atomic mass is 16.4. The fraction of sp³-hybridized carbons (Fsp3) is 0.400. The molecule has 0 radical (unpaired) electrons. The maximum Gasteiger partial charge on any atom is 0.305 e. The van der Waals surface area contributed by atoms with Crippen LogP contribution >= 0.6 is 0 Å². The van der Waals surface area contributed by atoms with E-state index in [0.717, 1.165) is 0 Å². The Labute approximate surface area is 123 Å². The second kappa shape index (κ2) is 7.42. The van der Waals surface area contributed by atoms with Crippen LogP contribution in [0.2, 0.25) is 0 Å². The fourth-order valence-corrected chi connectivity index (χ4v) is 1.57. The Morgan fingerprint density at radius 3 is 2.24 bits per heavy atom. The summed E-state index contributed by atoms with van der Waals surface area (Å²) in [6.07, 6.45) is -0.0925. The molecule has 0 spiro atoms. The van der Waals surface area contributed by atoms with Crippen LogP contribution in [0.3, 0.4) is 0 Å². The van der Waals surface area contributed by atoms with E-state index < -0.39 is 5.97 Å². The number of carbonyl (C=O) groups excluding carboxylic acids is 2. The number of benzene rings is 1. The van der Waals surface area contributed by atoms with Crippen LogP contribution in [0.15, 0.2) is 24.3 Å². The van der Waals surface area contributed by atoms with E-state index in [1.165, 1.54) is 4.90 Å². The SMILES string of the molecule is CC(C)C(=O)Nc1ccc(C(=O)N(C)CCC(=O)O)cc1. The molecule has 0 unspecified atom stereocenters. The maximum absolute atomic E-state index is 12.0. The van der Waals surface area contributed by atoms with E-state index in [1.807, 2.05) is 0 Å². The third-order valence-corrected chi connectivity index (χ3v) is 2.93. The van der Waals surface area contributed by atoms with Gasteiger partial charge in [0, 0.05) is 30.8 Å². The molecule has 0 aliphatic carbocycles. The Balaban J connectivity index is 2.66. The van der Waals surface area contributed by atoms with Crippen molar-refractivity contribution in [1.29, 1.82) is 0 Å². The third-order valence-electron chi connectivity index (χ3n) is 2.93. The van der Waals surface area contributed by atoms with Gasteiger partial charge in [0.15, 0.2) is 0 Å². The first-order valence-electron chi connectivity index (χ1n) is 6.69. The van der Waals surface area contributed by atoms with Crippen LogP contribution in [0, 0.1) is 5.92 Å². The second-order valence-corrected chi connectivity index (χ2v) is 5.09. The second-order valence-electron chi connectivity index (χ2n) is 5.09. The van der Waals surface area contributed by atoms with Gasteiger partial charge in [-0.3, -0.25) is 14.4 Å². The first-order valence-corrected chi connectivity index (χ1v) is 6.69. The molecule has 21 heavy (non-hydrogen) atoms. The Morgan fingerprint density at radius 2 is 1.76 bits per heavy atom. The van der Waals surface area contributed by atoms with Gasteiger partial charge in [0.05, 0.1) is 6.42 Å². The molecule has 0 saturated heterocycles. The number of rotatable bonds is 6. The van der Waals surface area contributed by atoms with Gasteiger partial charge in [-0.2, -0.15) is 0 Å². The van der Waals surface area contributed by atoms with Crippen LogP contribution in [-0.4, -0.2) is 41.4 Å². The van der Waals surface area contributed by atoms with Crippen LogP contribution in [0.5, 0.6) is 0 Å². The number of nitrogens with one attached hydrogen (secondary N) is 1. The lowest BCUT2D eigenvalue weighted by Gasteiger charge is -2.16. The Bertz CT molecular complexity index is 523. The van der Waals surface area contributed by atoms with Gasteiger partial charge in [0.2, 0.25) is 5.91 Å². The van der Waals surface area contributed by atoms with Crippen molar-refractivity contribution in [3.05, 3.63) is 29.8 Å². The van der Waals surface area contributed by atoms with Gasteiger partial charge >= 0.3 is 5.97 Å². The van der Waals surface area contributed by atoms with E-state index >= 15 is 0 Å². The summed E-state index contributed by atoms with van der Waals surface area (Å²) < 4.78 is 0. The molecule has 0 heterocycles. The lowest BCUT2D eigenvalue weighted by molar-refractivity contribution is -0.137. The average Bonchev–Trinajstić information content (AvgIpc) is 2.44. The van der Waals surface area contributed by atoms with Crippen molar-refractivity contribution >= 4 is 23.5 Å². The number of hydrogen-bond donors (Lipinski definition) is 2. The summed E-state index contributed by atoms with van der Waals surface area (Å²) in [6.45, 7) is 3.75. The van der Waals surface area contributed by atoms with Crippen LogP contribution in [0.1, 0.15) is 30.6 Å². The Hall–Kier alpha value is -2.37. The minimum absolute atomic E-state index is 0.0901. The van der Waals surface area contributed by atoms with E-state index in [0.29, 0.717) is 11.3 Å². The molecular formula is C15H20N2O4. The fourth-order valence-electron chi connectivity index (χ4n) is 1.57. The van der Waals surface area contributed by atoms with Gasteiger partial charge in [-0.05, 0) is 24.3 Å². The number of nitrogens with zero attached hydrogens (tertiary/aromatic N) is 1. The van der Waals surface area contributed by atoms with Gasteiger partial charge < -0.3 is 15.3 Å². The van der Waals surface area contributed by atoms with Crippen molar-refractivity contribution in [3.63, 3.8) is 0 Å². The molecule has 0 saturated carbocycles. The molecular weight excluding hydrogens is 272 g/mol. The summed E-state index contributed by atoms with van der Waals surface area (Å²) in [4.78, 5) is 35.4. The van der Waals surface area contributed by atoms with Crippen LogP contribution in [0.4, 0.5) is 5.69 Å². The van der Waals surface area contributed by atoms with Gasteiger partial charge in [-0.15, -0.1) is 0 Å². The number of carboxylic acid groups (broad SMARTS) is 1. The minimum Gasteiger partial charge on any atom is -0.481 e. The summed E-state index contributed by atoms with van der Waals surface area (Å²) in [5.41, 5.74) is 1.07. The van der Waals surface area contributed by atoms with Crippen molar-refractivity contribution in [3.8, 4) is 0 Å². The van der Waals surface area contributed by atoms with E-state index in [1.54, 1.807) is 45.2 Å². The molecule has 6 nitrogen and oxygen atoms in total. The highest BCUT2D eigenvalue weighted by Crippen LogP contribution is 2.12. The number of anilines is 1. The number of carbonyl (C=O) groups is 3. The zero-order valence-corrected chi connectivity index (χ0v) is 12.4. The largest absolute Gasteiger partial charge is 0.481 e. The maximum atomic E-state index is 12.0. The number of aliphatic carboxylic acids is 1. The standard InChI is InChI=1S/C15H20N2O4/c1-10(2)14(20)16-12-6-4-11(5-7-12)15(21)17(3)9-8-13(18)19/h4-7,10H,8-9H2,1-3H3,(H,16,20)(H,18,19). The molecule has 114 valence electrons. The Morgan fingerprint density at radius 1 is 1.19 bits per heavy atom. The minimum atomic E-state index is -0.943. The number of carboxylic acids is 1. The Kier molecular flexibility index (Phi) is 5.90. The zero-order chi connectivity index (χ0) is 16.0. The highest BCUT2D eigenvalue weighted by molar-refractivity contribution is 5.96. The molecule has 0 atom stereocenters. The van der Waals surface area contributed by atoms with Crippen LogP contribution in [0.25, 0.3) is 0 Å². The van der Waals surface area contributed by atoms with Crippen molar-refractivity contribution in [1.82, 2.24) is 4.90 Å². The molecule has 2 N–H and O–H groups in total. The lowest BCUT2D eigenvalue weighted by Crippen LogP contribution is -2.29. The molecule has 0 fully saturated rings. The molecule has 0 aliphatic heterocycles. The van der Waals surface area contributed by atoms with Gasteiger partial charge in [0.1, 0.15) is 0 Å². The predicted octanol–water partition coefficient (Wildman–Crippen LogP) is 1.83. The van der Waals surface area contributed by atoms with E-state index in [2.05, 4.69) is 5.32 Å². The summed E-state index contributed by atoms with van der Waals surface area (Å²) in [5, 5.41) is 11.3. The van der Waals surface area contributed by atoms with E-state index in [-0.39, 0.29) is 30.7 Å². The van der Waals surface area contributed by atoms with Gasteiger partial charge in [-0.25, -0.2) is 0 Å². The first kappa shape index (κ1) is 16.7. The quantitative estimate of drug-likeness (QED) is 0.837. The number of amides is 2. The van der Waals surface area contributed by atoms with Crippen molar-refractivity contribution < 1.29 is 19.5 Å². The van der Waals surface area contributed by atoms with E-state index in [9.17, 15) is 14.4 Å². The molecule has 1 aromatic carbocycles. The summed E-state index contributed by atoms with van der Waals surface area (Å²) in [6, 6.07) is 6.52. The third kappa shape index (κ3) is 5.25. The van der Waals surface area contributed by atoms with E-state index in [4.69, 9.17) is 5.11 Å². The van der Waals surface area contributed by atoms with Crippen LogP contribution < -0.4 is 5.32 Å². The summed E-state index contributed by atoms with van der Waals surface area (Å²) >= 11 is 0. The molecule has 0 aliphatic rings. The lowest BCUT2D eigenvalue weighted by atomic mass is 10.1. The average molecular weight is 292 g/mol. The van der Waals surface area contributed by atoms with Gasteiger partial charge in [-0.1, -0.05) is 13.8 Å². The number of hydrogen-bond acceptors (Lipinski definition) is 3. The van der Waals surface area contributed by atoms with Crippen molar-refractivity contribution in [2.75, 3.05) is 18.9 Å². The molecule has 6 heteroatoms. The van der Waals surface area contributed by atoms with Gasteiger partial charge in [0.25, 0.3) is 5.91 Å². The van der Waals surface area contributed by atoms with Crippen LogP contribution in [-0.2, 0) is 9.59 Å². The summed E-state index contributed by atoms with van der Waals surface area (Å²) in [5.74, 6) is -1.40. The molecule has 1 aromatic rings. The first-order chi connectivity index (χ1) is 9.81. The normalized spacial score (nSPS) is 10.3.